The molecule has 0 atom stereocenters. The average molecular weight is 548 g/mol. The normalized spacial score (nSPS) is 16.0. The number of likely N-dealkylation sites (N-methyl/N-ethyl adjacent to an activating group) is 1. The van der Waals surface area contributed by atoms with Crippen molar-refractivity contribution >= 4 is 11.8 Å². The van der Waals surface area contributed by atoms with Gasteiger partial charge in [-0.3, -0.25) is 14.5 Å². The molecule has 0 bridgehead atoms. The number of imide groups is 1. The van der Waals surface area contributed by atoms with Gasteiger partial charge in [-0.2, -0.15) is 6.92 Å². The summed E-state index contributed by atoms with van der Waals surface area (Å²) in [6, 6.07) is 0. The average Bonchev–Trinajstić information content (AvgIpc) is 2.68. The summed E-state index contributed by atoms with van der Waals surface area (Å²) < 4.78 is 15.5. The molecular formula is C19H41NO5W. The van der Waals surface area contributed by atoms with Crippen molar-refractivity contribution in [1.82, 2.24) is 4.90 Å². The predicted octanol–water partition coefficient (Wildman–Crippen LogP) is 3.89. The largest absolute Gasteiger partial charge is 2.00 e. The molecule has 1 saturated heterocycles. The number of carbonyl (C=O) groups excluding carboxylic acids is 2. The van der Waals surface area contributed by atoms with E-state index in [1.54, 1.807) is 27.9 Å². The van der Waals surface area contributed by atoms with E-state index >= 15 is 0 Å². The molecule has 1 fully saturated rings. The Labute approximate surface area is 178 Å². The molecule has 2 heterocycles. The van der Waals surface area contributed by atoms with Crippen molar-refractivity contribution in [2.75, 3.05) is 34.0 Å². The van der Waals surface area contributed by atoms with Crippen molar-refractivity contribution in [2.24, 2.45) is 5.41 Å². The summed E-state index contributed by atoms with van der Waals surface area (Å²) in [4.78, 5) is 23.1. The van der Waals surface area contributed by atoms with Crippen molar-refractivity contribution in [3.05, 3.63) is 25.2 Å². The number of hydrogen-bond acceptors (Lipinski definition) is 5. The first kappa shape index (κ1) is 36.4. The Bertz CT molecular complexity index is 389. The molecule has 0 radical (unpaired) electrons. The van der Waals surface area contributed by atoms with Gasteiger partial charge in [-0.25, -0.2) is 7.98 Å². The molecule has 2 amide bonds. The minimum atomic E-state index is -0.178. The van der Waals surface area contributed by atoms with E-state index < -0.39 is 0 Å². The van der Waals surface area contributed by atoms with Gasteiger partial charge in [-0.05, 0) is 13.8 Å². The van der Waals surface area contributed by atoms with Crippen LogP contribution in [0.1, 0.15) is 51.3 Å². The third kappa shape index (κ3) is 11.9. The van der Waals surface area contributed by atoms with Crippen molar-refractivity contribution in [2.45, 2.75) is 50.0 Å². The summed E-state index contributed by atoms with van der Waals surface area (Å²) in [6.07, 6.45) is 0. The molecule has 0 unspecified atom stereocenters. The van der Waals surface area contributed by atoms with E-state index in [2.05, 4.69) is 14.3 Å². The minimum absolute atomic E-state index is 0. The van der Waals surface area contributed by atoms with Crippen LogP contribution >= 0.6 is 0 Å². The fourth-order valence-electron chi connectivity index (χ4n) is 1.80. The van der Waals surface area contributed by atoms with Gasteiger partial charge in [0.05, 0.1) is 19.8 Å². The molecular weight excluding hydrogens is 506 g/mol. The van der Waals surface area contributed by atoms with E-state index in [1.165, 1.54) is 7.05 Å². The van der Waals surface area contributed by atoms with Crippen LogP contribution in [0.25, 0.3) is 0 Å². The number of hydrogen-bond donors (Lipinski definition) is 1. The molecule has 0 aromatic rings. The summed E-state index contributed by atoms with van der Waals surface area (Å²) in [6.45, 7) is 10.6. The fourth-order valence-corrected chi connectivity index (χ4v) is 1.80. The molecule has 158 valence electrons. The van der Waals surface area contributed by atoms with E-state index in [4.69, 9.17) is 16.0 Å². The summed E-state index contributed by atoms with van der Waals surface area (Å²) in [5.74, 6) is -0.356. The van der Waals surface area contributed by atoms with Gasteiger partial charge < -0.3 is 22.0 Å². The number of carbonyl (C=O) groups is 2. The van der Waals surface area contributed by atoms with Crippen molar-refractivity contribution in [1.29, 1.82) is 0 Å². The molecule has 2 rings (SSSR count). The second kappa shape index (κ2) is 19.2. The van der Waals surface area contributed by atoms with Gasteiger partial charge in [0.1, 0.15) is 0 Å². The fraction of sp³-hybridized carbons (Fsp3) is 0.684. The Kier molecular flexibility index (Phi) is 26.9. The summed E-state index contributed by atoms with van der Waals surface area (Å²) in [5.41, 5.74) is 1.45. The van der Waals surface area contributed by atoms with Crippen molar-refractivity contribution < 1.29 is 46.6 Å². The van der Waals surface area contributed by atoms with Crippen LogP contribution in [0.15, 0.2) is 11.1 Å². The number of rotatable bonds is 2. The van der Waals surface area contributed by atoms with Gasteiger partial charge in [0, 0.05) is 30.7 Å². The quantitative estimate of drug-likeness (QED) is 0.419. The Morgan fingerprint density at radius 3 is 1.62 bits per heavy atom. The van der Waals surface area contributed by atoms with Gasteiger partial charge in [-0.15, -0.1) is 0 Å². The zero-order chi connectivity index (χ0) is 18.6. The summed E-state index contributed by atoms with van der Waals surface area (Å²) in [7, 11) is 5.72. The second-order valence-electron chi connectivity index (χ2n) is 5.41. The Balaban J connectivity index is -0.0000000595. The monoisotopic (exact) mass is 548 g/mol. The van der Waals surface area contributed by atoms with E-state index in [1.807, 2.05) is 0 Å². The first-order chi connectivity index (χ1) is 10.7. The summed E-state index contributed by atoms with van der Waals surface area (Å²) in [5, 5.41) is 7.44. The number of aliphatic hydroxyl groups excluding tert-OH is 1. The van der Waals surface area contributed by atoms with E-state index in [-0.39, 0.29) is 55.2 Å². The van der Waals surface area contributed by atoms with E-state index in [9.17, 15) is 9.59 Å². The first-order valence-corrected chi connectivity index (χ1v) is 6.72. The van der Waals surface area contributed by atoms with Crippen LogP contribution < -0.4 is 0 Å². The maximum atomic E-state index is 11.0. The topological polar surface area (TPSA) is 76.1 Å². The molecule has 6 nitrogen and oxygen atoms in total. The maximum Gasteiger partial charge on any atom is 2.00 e. The van der Waals surface area contributed by atoms with Gasteiger partial charge in [-0.1, -0.05) is 29.2 Å². The molecule has 0 aliphatic carbocycles. The van der Waals surface area contributed by atoms with E-state index in [0.717, 1.165) is 31.3 Å². The molecule has 0 aromatic carbocycles. The third-order valence-corrected chi connectivity index (χ3v) is 3.21. The number of aliphatic hydroxyl groups is 1. The van der Waals surface area contributed by atoms with Crippen LogP contribution in [-0.2, 0) is 40.1 Å². The summed E-state index contributed by atoms with van der Waals surface area (Å²) >= 11 is 0. The zero-order valence-electron chi connectivity index (χ0n) is 15.8. The molecule has 0 aromatic heterocycles. The minimum Gasteiger partial charge on any atom is -0.566 e. The molecule has 2 aliphatic rings. The number of methoxy groups -OCH3 is 1. The molecule has 26 heavy (non-hydrogen) atoms. The number of ether oxygens (including phenoxy) is 2. The van der Waals surface area contributed by atoms with Crippen LogP contribution in [0.3, 0.4) is 0 Å². The van der Waals surface area contributed by atoms with Crippen LogP contribution in [0.2, 0.25) is 0 Å². The van der Waals surface area contributed by atoms with Crippen LogP contribution in [0.5, 0.6) is 0 Å². The van der Waals surface area contributed by atoms with Crippen molar-refractivity contribution in [3.63, 3.8) is 0 Å². The van der Waals surface area contributed by atoms with E-state index in [0.29, 0.717) is 16.6 Å². The van der Waals surface area contributed by atoms with Gasteiger partial charge in [0.25, 0.3) is 11.8 Å². The Morgan fingerprint density at radius 2 is 1.54 bits per heavy atom. The van der Waals surface area contributed by atoms with Crippen LogP contribution in [-0.4, -0.2) is 55.8 Å². The van der Waals surface area contributed by atoms with Crippen LogP contribution in [0.4, 0.5) is 0 Å². The molecule has 2 aliphatic heterocycles. The van der Waals surface area contributed by atoms with Gasteiger partial charge in [0.2, 0.25) is 0 Å². The predicted molar refractivity (Wildman–Crippen MR) is 105 cm³/mol. The van der Waals surface area contributed by atoms with Crippen LogP contribution in [0, 0.1) is 19.4 Å². The third-order valence-electron chi connectivity index (χ3n) is 3.21. The molecule has 0 spiro atoms. The van der Waals surface area contributed by atoms with Gasteiger partial charge in [0.15, 0.2) is 0 Å². The maximum absolute atomic E-state index is 11.0. The second-order valence-corrected chi connectivity index (χ2v) is 5.41. The smallest absolute Gasteiger partial charge is 0.566 e. The number of nitrogens with zero attached hydrogens (tertiary/aromatic N) is 1. The van der Waals surface area contributed by atoms with Gasteiger partial charge >= 0.3 is 21.1 Å². The Hall–Kier alpha value is -0.552. The SMILES string of the molecule is C.C.C.CC1=C(C)C(=O)N(C)C1=O.COCC1(C)COC1.C[CH-]O.[2H][CH2-].[W+2]. The zero-order valence-corrected chi connectivity index (χ0v) is 17.8. The standard InChI is InChI=1S/C7H9NO2.C6H12O2.C2H5O.3CH4.CH3.W/c1-4-5(2)7(10)8(3)6(4)9;1-6(3-7-2)4-8-5-6;1-2-3;;;;;/h1-3H3;3-5H2,1-2H3;2-3H,1H3;3*1H4;1H3;/q;;-1;;;;-1;+2/i;;;;;;1D;. The Morgan fingerprint density at radius 1 is 1.23 bits per heavy atom. The number of amides is 2. The van der Waals surface area contributed by atoms with Crippen molar-refractivity contribution in [3.8, 4) is 0 Å². The molecule has 1 N–H and O–H groups in total. The molecule has 7 heteroatoms. The first-order valence-electron chi connectivity index (χ1n) is 7.43. The molecule has 0 saturated carbocycles.